The largest absolute Gasteiger partial charge is 0.359 e. The molecule has 2 aromatic rings. The van der Waals surface area contributed by atoms with Gasteiger partial charge in [0.2, 0.25) is 5.91 Å². The molecule has 1 aliphatic heterocycles. The molecule has 3 heterocycles. The Kier molecular flexibility index (Phi) is 6.94. The number of anilines is 1. The molecule has 2 N–H and O–H groups in total. The summed E-state index contributed by atoms with van der Waals surface area (Å²) in [4.78, 5) is 37.0. The van der Waals surface area contributed by atoms with Crippen molar-refractivity contribution in [2.45, 2.75) is 26.4 Å². The highest BCUT2D eigenvalue weighted by Crippen LogP contribution is 2.18. The van der Waals surface area contributed by atoms with Gasteiger partial charge in [-0.2, -0.15) is 0 Å². The molecule has 0 unspecified atom stereocenters. The third-order valence-corrected chi connectivity index (χ3v) is 5.17. The summed E-state index contributed by atoms with van der Waals surface area (Å²) in [6.07, 6.45) is 3.42. The Morgan fingerprint density at radius 1 is 1.18 bits per heavy atom. The highest BCUT2D eigenvalue weighted by Gasteiger charge is 2.24. The molecule has 1 saturated heterocycles. The van der Waals surface area contributed by atoms with Crippen LogP contribution in [0.15, 0.2) is 29.9 Å². The predicted molar refractivity (Wildman–Crippen MR) is 109 cm³/mol. The van der Waals surface area contributed by atoms with Crippen molar-refractivity contribution in [2.75, 3.05) is 38.0 Å². The van der Waals surface area contributed by atoms with E-state index in [1.54, 1.807) is 22.7 Å². The van der Waals surface area contributed by atoms with Gasteiger partial charge in [-0.05, 0) is 31.5 Å². The van der Waals surface area contributed by atoms with Crippen LogP contribution in [-0.2, 0) is 11.3 Å². The molecular formula is C19H26N6O2S. The van der Waals surface area contributed by atoms with Gasteiger partial charge in [-0.25, -0.2) is 4.98 Å². The van der Waals surface area contributed by atoms with Gasteiger partial charge in [0, 0.05) is 56.5 Å². The molecule has 28 heavy (non-hydrogen) atoms. The Morgan fingerprint density at radius 2 is 1.89 bits per heavy atom. The topological polar surface area (TPSA) is 90.5 Å². The van der Waals surface area contributed by atoms with E-state index in [4.69, 9.17) is 0 Å². The van der Waals surface area contributed by atoms with Gasteiger partial charge < -0.3 is 15.5 Å². The van der Waals surface area contributed by atoms with Crippen molar-refractivity contribution < 1.29 is 9.59 Å². The smallest absolute Gasteiger partial charge is 0.273 e. The number of hydrogen-bond donors (Lipinski definition) is 2. The summed E-state index contributed by atoms with van der Waals surface area (Å²) in [5.41, 5.74) is 1.50. The highest BCUT2D eigenvalue weighted by molar-refractivity contribution is 7.13. The van der Waals surface area contributed by atoms with Gasteiger partial charge in [-0.3, -0.25) is 19.5 Å². The second kappa shape index (κ2) is 9.61. The normalized spacial score (nSPS) is 14.9. The zero-order valence-corrected chi connectivity index (χ0v) is 17.0. The van der Waals surface area contributed by atoms with E-state index in [0.717, 1.165) is 10.7 Å². The van der Waals surface area contributed by atoms with E-state index in [9.17, 15) is 9.59 Å². The van der Waals surface area contributed by atoms with E-state index in [-0.39, 0.29) is 17.9 Å². The van der Waals surface area contributed by atoms with Crippen LogP contribution in [0.25, 0.3) is 0 Å². The van der Waals surface area contributed by atoms with Crippen LogP contribution in [0.5, 0.6) is 0 Å². The standard InChI is InChI=1S/C19H26N6O2S/c1-14(2)22-19-23-16(13-28-19)18(27)25-9-7-24(8-10-25)12-17(26)21-11-15-3-5-20-6-4-15/h3-6,13-14H,7-12H2,1-2H3,(H,21,26)(H,22,23). The summed E-state index contributed by atoms with van der Waals surface area (Å²) in [5, 5.41) is 8.70. The third-order valence-electron chi connectivity index (χ3n) is 4.40. The fourth-order valence-electron chi connectivity index (χ4n) is 2.92. The monoisotopic (exact) mass is 402 g/mol. The maximum Gasteiger partial charge on any atom is 0.273 e. The highest BCUT2D eigenvalue weighted by atomic mass is 32.1. The molecule has 0 aliphatic carbocycles. The number of aromatic nitrogens is 2. The molecule has 0 bridgehead atoms. The molecule has 1 aliphatic rings. The lowest BCUT2D eigenvalue weighted by atomic mass is 10.2. The quantitative estimate of drug-likeness (QED) is 0.728. The summed E-state index contributed by atoms with van der Waals surface area (Å²) in [6.45, 7) is 7.46. The average Bonchev–Trinajstić information content (AvgIpc) is 3.15. The first kappa shape index (κ1) is 20.2. The van der Waals surface area contributed by atoms with Crippen LogP contribution in [-0.4, -0.2) is 70.3 Å². The van der Waals surface area contributed by atoms with Gasteiger partial charge in [0.25, 0.3) is 5.91 Å². The van der Waals surface area contributed by atoms with Gasteiger partial charge in [0.05, 0.1) is 6.54 Å². The Balaban J connectivity index is 1.41. The van der Waals surface area contributed by atoms with Crippen LogP contribution in [0.1, 0.15) is 29.9 Å². The summed E-state index contributed by atoms with van der Waals surface area (Å²) in [5.74, 6) is -0.0599. The lowest BCUT2D eigenvalue weighted by Gasteiger charge is -2.33. The minimum absolute atomic E-state index is 0.0134. The fourth-order valence-corrected chi connectivity index (χ4v) is 3.75. The van der Waals surface area contributed by atoms with Gasteiger partial charge in [-0.15, -0.1) is 11.3 Å². The molecule has 0 saturated carbocycles. The predicted octanol–water partition coefficient (Wildman–Crippen LogP) is 1.43. The Morgan fingerprint density at radius 3 is 2.57 bits per heavy atom. The summed E-state index contributed by atoms with van der Waals surface area (Å²) in [6, 6.07) is 4.04. The zero-order chi connectivity index (χ0) is 19.9. The maximum absolute atomic E-state index is 12.6. The summed E-state index contributed by atoms with van der Waals surface area (Å²) in [7, 11) is 0. The van der Waals surface area contributed by atoms with E-state index in [1.165, 1.54) is 11.3 Å². The summed E-state index contributed by atoms with van der Waals surface area (Å²) < 4.78 is 0. The van der Waals surface area contributed by atoms with Crippen LogP contribution < -0.4 is 10.6 Å². The van der Waals surface area contributed by atoms with Crippen LogP contribution in [0.4, 0.5) is 5.13 Å². The molecule has 0 spiro atoms. The Hall–Kier alpha value is -2.52. The van der Waals surface area contributed by atoms with Crippen molar-refractivity contribution in [1.29, 1.82) is 0 Å². The molecule has 1 fully saturated rings. The van der Waals surface area contributed by atoms with Crippen molar-refractivity contribution in [3.63, 3.8) is 0 Å². The third kappa shape index (κ3) is 5.74. The van der Waals surface area contributed by atoms with Gasteiger partial charge in [0.15, 0.2) is 5.13 Å². The molecule has 0 aromatic carbocycles. The molecular weight excluding hydrogens is 376 g/mol. The number of amides is 2. The number of nitrogens with one attached hydrogen (secondary N) is 2. The average molecular weight is 403 g/mol. The van der Waals surface area contributed by atoms with E-state index in [1.807, 2.05) is 26.0 Å². The number of rotatable bonds is 7. The Bertz CT molecular complexity index is 787. The van der Waals surface area contributed by atoms with Gasteiger partial charge in [0.1, 0.15) is 5.69 Å². The number of carbonyl (C=O) groups is 2. The van der Waals surface area contributed by atoms with Crippen molar-refractivity contribution >= 4 is 28.3 Å². The molecule has 0 radical (unpaired) electrons. The Labute approximate surface area is 169 Å². The first-order chi connectivity index (χ1) is 13.5. The van der Waals surface area contributed by atoms with Crippen molar-refractivity contribution in [3.8, 4) is 0 Å². The zero-order valence-electron chi connectivity index (χ0n) is 16.2. The van der Waals surface area contributed by atoms with E-state index >= 15 is 0 Å². The molecule has 9 heteroatoms. The number of pyridine rings is 1. The number of thiazole rings is 1. The molecule has 2 amide bonds. The van der Waals surface area contributed by atoms with Crippen LogP contribution in [0.2, 0.25) is 0 Å². The van der Waals surface area contributed by atoms with E-state index < -0.39 is 0 Å². The van der Waals surface area contributed by atoms with Gasteiger partial charge in [-0.1, -0.05) is 0 Å². The number of carbonyl (C=O) groups excluding carboxylic acids is 2. The minimum atomic E-state index is -0.0464. The molecule has 0 atom stereocenters. The molecule has 150 valence electrons. The summed E-state index contributed by atoms with van der Waals surface area (Å²) >= 11 is 1.45. The fraction of sp³-hybridized carbons (Fsp3) is 0.474. The van der Waals surface area contributed by atoms with Gasteiger partial charge >= 0.3 is 0 Å². The lowest BCUT2D eigenvalue weighted by Crippen LogP contribution is -2.51. The number of hydrogen-bond acceptors (Lipinski definition) is 7. The van der Waals surface area contributed by atoms with Crippen molar-refractivity contribution in [3.05, 3.63) is 41.2 Å². The molecule has 8 nitrogen and oxygen atoms in total. The first-order valence-corrected chi connectivity index (χ1v) is 10.3. The van der Waals surface area contributed by atoms with Crippen LogP contribution >= 0.6 is 11.3 Å². The molecule has 3 rings (SSSR count). The van der Waals surface area contributed by atoms with Crippen LogP contribution in [0.3, 0.4) is 0 Å². The minimum Gasteiger partial charge on any atom is -0.359 e. The molecule has 2 aromatic heterocycles. The maximum atomic E-state index is 12.6. The lowest BCUT2D eigenvalue weighted by molar-refractivity contribution is -0.122. The van der Waals surface area contributed by atoms with Crippen LogP contribution in [0, 0.1) is 0 Å². The second-order valence-electron chi connectivity index (χ2n) is 7.04. The van der Waals surface area contributed by atoms with Crippen molar-refractivity contribution in [1.82, 2.24) is 25.1 Å². The second-order valence-corrected chi connectivity index (χ2v) is 7.90. The number of nitrogens with zero attached hydrogens (tertiary/aromatic N) is 4. The SMILES string of the molecule is CC(C)Nc1nc(C(=O)N2CCN(CC(=O)NCc3ccncc3)CC2)cs1. The van der Waals surface area contributed by atoms with Crippen molar-refractivity contribution in [2.24, 2.45) is 0 Å². The van der Waals surface area contributed by atoms with E-state index in [0.29, 0.717) is 45.0 Å². The van der Waals surface area contributed by atoms with E-state index in [2.05, 4.69) is 25.5 Å². The number of piperazine rings is 1. The first-order valence-electron chi connectivity index (χ1n) is 9.40.